The van der Waals surface area contributed by atoms with Gasteiger partial charge in [0.2, 0.25) is 5.91 Å². The average molecular weight is 287 g/mol. The molecule has 4 aliphatic rings. The van der Waals surface area contributed by atoms with E-state index in [1.165, 1.54) is 32.1 Å². The number of hydrogen-bond acceptors (Lipinski definition) is 2. The van der Waals surface area contributed by atoms with E-state index in [0.29, 0.717) is 6.04 Å². The normalized spacial score (nSPS) is 40.6. The van der Waals surface area contributed by atoms with Crippen molar-refractivity contribution in [3.8, 4) is 0 Å². The van der Waals surface area contributed by atoms with E-state index < -0.39 is 0 Å². The number of carbonyl (C=O) groups is 1. The quantitative estimate of drug-likeness (QED) is 0.832. The molecule has 0 heterocycles. The van der Waals surface area contributed by atoms with Gasteiger partial charge < -0.3 is 10.6 Å². The molecule has 4 heteroatoms. The van der Waals surface area contributed by atoms with E-state index in [1.807, 2.05) is 14.0 Å². The van der Waals surface area contributed by atoms with Crippen molar-refractivity contribution in [2.45, 2.75) is 45.1 Å². The van der Waals surface area contributed by atoms with Crippen LogP contribution < -0.4 is 10.6 Å². The lowest BCUT2D eigenvalue weighted by molar-refractivity contribution is -0.128. The van der Waals surface area contributed by atoms with Gasteiger partial charge in [0.1, 0.15) is 0 Å². The van der Waals surface area contributed by atoms with Crippen LogP contribution in [0.3, 0.4) is 0 Å². The molecule has 1 unspecified atom stereocenters. The Kier molecular flexibility index (Phi) is 4.78. The second-order valence-corrected chi connectivity index (χ2v) is 6.92. The molecule has 1 amide bonds. The van der Waals surface area contributed by atoms with Crippen LogP contribution in [-0.4, -0.2) is 25.5 Å². The van der Waals surface area contributed by atoms with E-state index in [-0.39, 0.29) is 24.2 Å². The van der Waals surface area contributed by atoms with Crippen molar-refractivity contribution in [1.82, 2.24) is 10.6 Å². The first-order valence-electron chi connectivity index (χ1n) is 7.62. The molecule has 0 aromatic carbocycles. The summed E-state index contributed by atoms with van der Waals surface area (Å²) in [6, 6.07) is 0.490. The van der Waals surface area contributed by atoms with Gasteiger partial charge in [-0.15, -0.1) is 12.4 Å². The van der Waals surface area contributed by atoms with E-state index in [2.05, 4.69) is 10.6 Å². The van der Waals surface area contributed by atoms with Crippen molar-refractivity contribution in [2.75, 3.05) is 13.6 Å². The summed E-state index contributed by atoms with van der Waals surface area (Å²) in [5.74, 6) is 3.87. The number of nitrogens with one attached hydrogen (secondary N) is 2. The van der Waals surface area contributed by atoms with Gasteiger partial charge in [-0.3, -0.25) is 4.79 Å². The Balaban J connectivity index is 0.00000133. The third kappa shape index (κ3) is 2.92. The largest absolute Gasteiger partial charge is 0.353 e. The maximum absolute atomic E-state index is 12.2. The van der Waals surface area contributed by atoms with Gasteiger partial charge in [-0.25, -0.2) is 0 Å². The molecule has 0 aromatic heterocycles. The molecule has 3 nitrogen and oxygen atoms in total. The first kappa shape index (κ1) is 15.1. The molecule has 4 aliphatic carbocycles. The lowest BCUT2D eigenvalue weighted by Gasteiger charge is -2.54. The minimum Gasteiger partial charge on any atom is -0.353 e. The SMILES string of the molecule is CNCC(C)C(=O)NC1C2CC3CC(C2)CC1C3.Cl. The molecule has 1 atom stereocenters. The van der Waals surface area contributed by atoms with Crippen molar-refractivity contribution >= 4 is 18.3 Å². The molecule has 2 N–H and O–H groups in total. The van der Waals surface area contributed by atoms with Crippen molar-refractivity contribution < 1.29 is 4.79 Å². The van der Waals surface area contributed by atoms with Crippen LogP contribution in [0.15, 0.2) is 0 Å². The lowest BCUT2D eigenvalue weighted by atomic mass is 9.54. The van der Waals surface area contributed by atoms with Crippen molar-refractivity contribution in [3.05, 3.63) is 0 Å². The number of amides is 1. The monoisotopic (exact) mass is 286 g/mol. The van der Waals surface area contributed by atoms with Gasteiger partial charge in [-0.1, -0.05) is 6.92 Å². The summed E-state index contributed by atoms with van der Waals surface area (Å²) in [7, 11) is 1.91. The van der Waals surface area contributed by atoms with E-state index in [4.69, 9.17) is 0 Å². The summed E-state index contributed by atoms with van der Waals surface area (Å²) < 4.78 is 0. The third-order valence-electron chi connectivity index (χ3n) is 5.49. The van der Waals surface area contributed by atoms with Gasteiger partial charge in [0.15, 0.2) is 0 Å². The van der Waals surface area contributed by atoms with E-state index in [0.717, 1.165) is 30.2 Å². The zero-order chi connectivity index (χ0) is 12.7. The van der Waals surface area contributed by atoms with Crippen LogP contribution in [-0.2, 0) is 4.79 Å². The van der Waals surface area contributed by atoms with Crippen LogP contribution >= 0.6 is 12.4 Å². The predicted molar refractivity (Wildman–Crippen MR) is 79.3 cm³/mol. The fourth-order valence-corrected chi connectivity index (χ4v) is 4.87. The standard InChI is InChI=1S/C15H26N2O.ClH/c1-9(8-16-2)15(18)17-14-12-4-10-3-11(6-12)7-13(14)5-10;/h9-14,16H,3-8H2,1-2H3,(H,17,18);1H. The third-order valence-corrected chi connectivity index (χ3v) is 5.49. The average Bonchev–Trinajstić information content (AvgIpc) is 2.33. The van der Waals surface area contributed by atoms with Gasteiger partial charge in [-0.2, -0.15) is 0 Å². The minimum absolute atomic E-state index is 0. The molecule has 110 valence electrons. The Morgan fingerprint density at radius 2 is 1.63 bits per heavy atom. The highest BCUT2D eigenvalue weighted by Crippen LogP contribution is 2.53. The molecular weight excluding hydrogens is 260 g/mol. The number of halogens is 1. The molecule has 19 heavy (non-hydrogen) atoms. The number of rotatable bonds is 4. The van der Waals surface area contributed by atoms with Crippen molar-refractivity contribution in [2.24, 2.45) is 29.6 Å². The van der Waals surface area contributed by atoms with E-state index in [1.54, 1.807) is 0 Å². The Hall–Kier alpha value is -0.280. The summed E-state index contributed by atoms with van der Waals surface area (Å²) >= 11 is 0. The van der Waals surface area contributed by atoms with Gasteiger partial charge in [0.25, 0.3) is 0 Å². The first-order valence-corrected chi connectivity index (χ1v) is 7.62. The van der Waals surface area contributed by atoms with Crippen LogP contribution in [0.1, 0.15) is 39.0 Å². The number of hydrogen-bond donors (Lipinski definition) is 2. The summed E-state index contributed by atoms with van der Waals surface area (Å²) in [5, 5.41) is 6.46. The molecule has 0 saturated heterocycles. The highest BCUT2D eigenvalue weighted by Gasteiger charge is 2.48. The molecule has 4 bridgehead atoms. The highest BCUT2D eigenvalue weighted by atomic mass is 35.5. The maximum atomic E-state index is 12.2. The fourth-order valence-electron chi connectivity index (χ4n) is 4.87. The maximum Gasteiger partial charge on any atom is 0.224 e. The molecule has 4 saturated carbocycles. The van der Waals surface area contributed by atoms with Crippen LogP contribution in [0, 0.1) is 29.6 Å². The second kappa shape index (κ2) is 6.01. The van der Waals surface area contributed by atoms with E-state index >= 15 is 0 Å². The zero-order valence-corrected chi connectivity index (χ0v) is 12.8. The van der Waals surface area contributed by atoms with Crippen LogP contribution in [0.4, 0.5) is 0 Å². The molecule has 0 aliphatic heterocycles. The Bertz CT molecular complexity index is 306. The summed E-state index contributed by atoms with van der Waals surface area (Å²) in [6.07, 6.45) is 6.97. The topological polar surface area (TPSA) is 41.1 Å². The molecule has 4 rings (SSSR count). The Labute approximate surface area is 122 Å². The van der Waals surface area contributed by atoms with Crippen LogP contribution in [0.25, 0.3) is 0 Å². The fraction of sp³-hybridized carbons (Fsp3) is 0.933. The Morgan fingerprint density at radius 1 is 1.11 bits per heavy atom. The van der Waals surface area contributed by atoms with Crippen LogP contribution in [0.2, 0.25) is 0 Å². The molecular formula is C15H27ClN2O. The predicted octanol–water partition coefficient (Wildman–Crippen LogP) is 2.20. The van der Waals surface area contributed by atoms with Gasteiger partial charge >= 0.3 is 0 Å². The molecule has 0 spiro atoms. The summed E-state index contributed by atoms with van der Waals surface area (Å²) in [5.41, 5.74) is 0. The molecule has 4 fully saturated rings. The highest BCUT2D eigenvalue weighted by molar-refractivity contribution is 5.85. The minimum atomic E-state index is 0. The Morgan fingerprint density at radius 3 is 2.11 bits per heavy atom. The zero-order valence-electron chi connectivity index (χ0n) is 12.0. The van der Waals surface area contributed by atoms with Gasteiger partial charge in [0.05, 0.1) is 0 Å². The van der Waals surface area contributed by atoms with Crippen molar-refractivity contribution in [3.63, 3.8) is 0 Å². The van der Waals surface area contributed by atoms with E-state index in [9.17, 15) is 4.79 Å². The molecule has 0 aromatic rings. The first-order chi connectivity index (χ1) is 8.67. The summed E-state index contributed by atoms with van der Waals surface area (Å²) in [4.78, 5) is 12.2. The second-order valence-electron chi connectivity index (χ2n) is 6.92. The molecule has 0 radical (unpaired) electrons. The van der Waals surface area contributed by atoms with Crippen molar-refractivity contribution in [1.29, 1.82) is 0 Å². The number of carbonyl (C=O) groups excluding carboxylic acids is 1. The summed E-state index contributed by atoms with van der Waals surface area (Å²) in [6.45, 7) is 2.79. The van der Waals surface area contributed by atoms with Gasteiger partial charge in [0, 0.05) is 18.5 Å². The lowest BCUT2D eigenvalue weighted by Crippen LogP contribution is -2.56. The van der Waals surface area contributed by atoms with Crippen LogP contribution in [0.5, 0.6) is 0 Å². The van der Waals surface area contributed by atoms with Gasteiger partial charge in [-0.05, 0) is 62.8 Å². The smallest absolute Gasteiger partial charge is 0.224 e.